The molecule has 3 aromatic carbocycles. The Kier molecular flexibility index (Phi) is 7.51. The molecular weight excluding hydrogens is 476 g/mol. The SMILES string of the molecule is C[C@@H](CNC(=O)c1ccc(CN(c2ccccc2Br)S(C)(=O)=O)cc1)c1ccccc1. The minimum absolute atomic E-state index is 0.153. The summed E-state index contributed by atoms with van der Waals surface area (Å²) in [6.07, 6.45) is 1.18. The number of nitrogens with one attached hydrogen (secondary N) is 1. The van der Waals surface area contributed by atoms with E-state index in [1.54, 1.807) is 42.5 Å². The third kappa shape index (κ3) is 6.18. The Morgan fingerprint density at radius 3 is 2.19 bits per heavy atom. The van der Waals surface area contributed by atoms with Crippen molar-refractivity contribution in [2.45, 2.75) is 19.4 Å². The van der Waals surface area contributed by atoms with Crippen LogP contribution in [0.4, 0.5) is 5.69 Å². The molecule has 0 spiro atoms. The normalized spacial score (nSPS) is 12.2. The van der Waals surface area contributed by atoms with E-state index in [9.17, 15) is 13.2 Å². The number of para-hydroxylation sites is 1. The maximum Gasteiger partial charge on any atom is 0.251 e. The maximum absolute atomic E-state index is 12.5. The zero-order valence-corrected chi connectivity index (χ0v) is 19.9. The average Bonchev–Trinajstić information content (AvgIpc) is 2.76. The molecular formula is C24H25BrN2O3S. The van der Waals surface area contributed by atoms with Gasteiger partial charge in [-0.05, 0) is 57.2 Å². The highest BCUT2D eigenvalue weighted by Gasteiger charge is 2.20. The number of carbonyl (C=O) groups is 1. The van der Waals surface area contributed by atoms with Gasteiger partial charge in [-0.1, -0.05) is 61.5 Å². The standard InChI is InChI=1S/C24H25BrN2O3S/c1-18(20-8-4-3-5-9-20)16-26-24(28)21-14-12-19(13-15-21)17-27(31(2,29)30)23-11-7-6-10-22(23)25/h3-15,18H,16-17H2,1-2H3,(H,26,28)/t18-/m0/s1. The first kappa shape index (κ1) is 23.0. The number of amides is 1. The van der Waals surface area contributed by atoms with E-state index in [1.807, 2.05) is 36.4 Å². The van der Waals surface area contributed by atoms with Gasteiger partial charge in [0.25, 0.3) is 5.91 Å². The summed E-state index contributed by atoms with van der Waals surface area (Å²) in [6, 6.07) is 24.2. The smallest absolute Gasteiger partial charge is 0.251 e. The van der Waals surface area contributed by atoms with Gasteiger partial charge in [-0.15, -0.1) is 0 Å². The van der Waals surface area contributed by atoms with E-state index >= 15 is 0 Å². The summed E-state index contributed by atoms with van der Waals surface area (Å²) < 4.78 is 26.8. The molecule has 1 atom stereocenters. The topological polar surface area (TPSA) is 66.5 Å². The first-order valence-corrected chi connectivity index (χ1v) is 12.5. The lowest BCUT2D eigenvalue weighted by atomic mass is 10.0. The largest absolute Gasteiger partial charge is 0.351 e. The van der Waals surface area contributed by atoms with Crippen molar-refractivity contribution < 1.29 is 13.2 Å². The summed E-state index contributed by atoms with van der Waals surface area (Å²) >= 11 is 3.42. The van der Waals surface area contributed by atoms with Crippen LogP contribution in [0.5, 0.6) is 0 Å². The van der Waals surface area contributed by atoms with Crippen molar-refractivity contribution >= 4 is 37.5 Å². The molecule has 0 unspecified atom stereocenters. The van der Waals surface area contributed by atoms with E-state index in [1.165, 1.54) is 16.1 Å². The number of halogens is 1. The highest BCUT2D eigenvalue weighted by molar-refractivity contribution is 9.10. The number of sulfonamides is 1. The molecule has 0 saturated carbocycles. The number of carbonyl (C=O) groups excluding carboxylic acids is 1. The molecule has 0 fully saturated rings. The lowest BCUT2D eigenvalue weighted by molar-refractivity contribution is 0.0951. The minimum Gasteiger partial charge on any atom is -0.351 e. The Hall–Kier alpha value is -2.64. The number of anilines is 1. The van der Waals surface area contributed by atoms with Crippen molar-refractivity contribution in [3.8, 4) is 0 Å². The van der Waals surface area contributed by atoms with Gasteiger partial charge in [0.2, 0.25) is 10.0 Å². The number of hydrogen-bond donors (Lipinski definition) is 1. The number of benzene rings is 3. The van der Waals surface area contributed by atoms with Crippen molar-refractivity contribution in [3.05, 3.63) is 100 Å². The molecule has 1 amide bonds. The fraction of sp³-hybridized carbons (Fsp3) is 0.208. The quantitative estimate of drug-likeness (QED) is 0.475. The second-order valence-corrected chi connectivity index (χ2v) is 10.2. The molecule has 3 rings (SSSR count). The van der Waals surface area contributed by atoms with E-state index in [4.69, 9.17) is 0 Å². The van der Waals surface area contributed by atoms with E-state index in [0.29, 0.717) is 22.3 Å². The summed E-state index contributed by atoms with van der Waals surface area (Å²) in [5.41, 5.74) is 3.07. The zero-order chi connectivity index (χ0) is 22.4. The third-order valence-corrected chi connectivity index (χ3v) is 6.80. The van der Waals surface area contributed by atoms with Crippen molar-refractivity contribution in [3.63, 3.8) is 0 Å². The molecule has 162 valence electrons. The molecule has 3 aromatic rings. The fourth-order valence-electron chi connectivity index (χ4n) is 3.21. The lowest BCUT2D eigenvalue weighted by Crippen LogP contribution is -2.30. The van der Waals surface area contributed by atoms with Gasteiger partial charge in [0, 0.05) is 16.6 Å². The zero-order valence-electron chi connectivity index (χ0n) is 17.5. The van der Waals surface area contributed by atoms with Gasteiger partial charge in [0.1, 0.15) is 0 Å². The number of hydrogen-bond acceptors (Lipinski definition) is 3. The van der Waals surface area contributed by atoms with Crippen LogP contribution < -0.4 is 9.62 Å². The Morgan fingerprint density at radius 2 is 1.58 bits per heavy atom. The molecule has 31 heavy (non-hydrogen) atoms. The molecule has 7 heteroatoms. The Balaban J connectivity index is 1.67. The highest BCUT2D eigenvalue weighted by Crippen LogP contribution is 2.29. The monoisotopic (exact) mass is 500 g/mol. The number of rotatable bonds is 8. The molecule has 5 nitrogen and oxygen atoms in total. The molecule has 0 radical (unpaired) electrons. The van der Waals surface area contributed by atoms with Gasteiger partial charge in [0.15, 0.2) is 0 Å². The molecule has 0 heterocycles. The van der Waals surface area contributed by atoms with Crippen LogP contribution in [-0.4, -0.2) is 27.1 Å². The van der Waals surface area contributed by atoms with Crippen molar-refractivity contribution in [1.29, 1.82) is 0 Å². The minimum atomic E-state index is -3.49. The van der Waals surface area contributed by atoms with Gasteiger partial charge in [-0.25, -0.2) is 8.42 Å². The summed E-state index contributed by atoms with van der Waals surface area (Å²) in [7, 11) is -3.49. The van der Waals surface area contributed by atoms with E-state index in [0.717, 1.165) is 5.56 Å². The molecule has 0 aliphatic heterocycles. The molecule has 0 bridgehead atoms. The predicted molar refractivity (Wildman–Crippen MR) is 129 cm³/mol. The van der Waals surface area contributed by atoms with Gasteiger partial charge in [0.05, 0.1) is 18.5 Å². The van der Waals surface area contributed by atoms with E-state index < -0.39 is 10.0 Å². The molecule has 0 saturated heterocycles. The van der Waals surface area contributed by atoms with Crippen LogP contribution in [0, 0.1) is 0 Å². The second-order valence-electron chi connectivity index (χ2n) is 7.44. The summed E-state index contributed by atoms with van der Waals surface area (Å²) in [5, 5.41) is 2.96. The van der Waals surface area contributed by atoms with Gasteiger partial charge in [-0.3, -0.25) is 9.10 Å². The molecule has 1 N–H and O–H groups in total. The summed E-state index contributed by atoms with van der Waals surface area (Å²) in [6.45, 7) is 2.78. The van der Waals surface area contributed by atoms with E-state index in [2.05, 4.69) is 28.2 Å². The molecule has 0 aliphatic rings. The highest BCUT2D eigenvalue weighted by atomic mass is 79.9. The van der Waals surface area contributed by atoms with Crippen LogP contribution in [0.3, 0.4) is 0 Å². The van der Waals surface area contributed by atoms with Crippen molar-refractivity contribution in [1.82, 2.24) is 5.32 Å². The van der Waals surface area contributed by atoms with Crippen LogP contribution in [0.25, 0.3) is 0 Å². The predicted octanol–water partition coefficient (Wildman–Crippen LogP) is 4.95. The van der Waals surface area contributed by atoms with Crippen LogP contribution >= 0.6 is 15.9 Å². The van der Waals surface area contributed by atoms with Gasteiger partial charge >= 0.3 is 0 Å². The summed E-state index contributed by atoms with van der Waals surface area (Å²) in [5.74, 6) is 0.0529. The van der Waals surface area contributed by atoms with Gasteiger partial charge < -0.3 is 5.32 Å². The van der Waals surface area contributed by atoms with Gasteiger partial charge in [-0.2, -0.15) is 0 Å². The van der Waals surface area contributed by atoms with Crippen LogP contribution in [0.15, 0.2) is 83.3 Å². The van der Waals surface area contributed by atoms with Crippen molar-refractivity contribution in [2.75, 3.05) is 17.1 Å². The Bertz CT molecular complexity index is 1130. The third-order valence-electron chi connectivity index (χ3n) is 5.00. The van der Waals surface area contributed by atoms with Crippen LogP contribution in [0.1, 0.15) is 34.3 Å². The Labute approximate surface area is 192 Å². The first-order chi connectivity index (χ1) is 14.8. The number of nitrogens with zero attached hydrogens (tertiary/aromatic N) is 1. The maximum atomic E-state index is 12.5. The second kappa shape index (κ2) is 10.1. The molecule has 0 aliphatic carbocycles. The van der Waals surface area contributed by atoms with E-state index in [-0.39, 0.29) is 18.4 Å². The summed E-state index contributed by atoms with van der Waals surface area (Å²) in [4.78, 5) is 12.5. The fourth-order valence-corrected chi connectivity index (χ4v) is 4.73. The lowest BCUT2D eigenvalue weighted by Gasteiger charge is -2.23. The van der Waals surface area contributed by atoms with Crippen molar-refractivity contribution in [2.24, 2.45) is 0 Å². The average molecular weight is 501 g/mol. The van der Waals surface area contributed by atoms with Crippen LogP contribution in [-0.2, 0) is 16.6 Å². The van der Waals surface area contributed by atoms with Crippen LogP contribution in [0.2, 0.25) is 0 Å². The first-order valence-electron chi connectivity index (χ1n) is 9.90. The Morgan fingerprint density at radius 1 is 0.968 bits per heavy atom. The molecule has 0 aromatic heterocycles.